The highest BCUT2D eigenvalue weighted by Gasteiger charge is 2.28. The molecule has 0 aliphatic carbocycles. The average molecular weight is 494 g/mol. The Hall–Kier alpha value is -3.82. The summed E-state index contributed by atoms with van der Waals surface area (Å²) in [6, 6.07) is 13.2. The summed E-state index contributed by atoms with van der Waals surface area (Å²) in [7, 11) is 1.92. The zero-order chi connectivity index (χ0) is 25.4. The van der Waals surface area contributed by atoms with Gasteiger partial charge in [-0.15, -0.1) is 0 Å². The number of nitro groups is 1. The number of rotatable bonds is 4. The number of likely N-dealkylation sites (N-methyl/N-ethyl adjacent to an activating group) is 1. The van der Waals surface area contributed by atoms with E-state index < -0.39 is 22.7 Å². The van der Waals surface area contributed by atoms with Crippen molar-refractivity contribution in [1.29, 1.82) is 0 Å². The van der Waals surface area contributed by atoms with Crippen molar-refractivity contribution in [2.45, 2.75) is 25.2 Å². The summed E-state index contributed by atoms with van der Waals surface area (Å²) < 4.78 is 34.3. The van der Waals surface area contributed by atoms with Crippen molar-refractivity contribution in [3.05, 3.63) is 98.6 Å². The Labute approximate surface area is 206 Å². The molecular weight excluding hydrogens is 468 g/mol. The van der Waals surface area contributed by atoms with E-state index in [9.17, 15) is 24.0 Å². The Morgan fingerprint density at radius 3 is 2.78 bits per heavy atom. The quantitative estimate of drug-likeness (QED) is 0.400. The van der Waals surface area contributed by atoms with E-state index in [1.54, 1.807) is 36.4 Å². The monoisotopic (exact) mass is 493 g/mol. The number of nitro benzene ring substituents is 1. The highest BCUT2D eigenvalue weighted by molar-refractivity contribution is 5.95. The first-order chi connectivity index (χ1) is 17.3. The van der Waals surface area contributed by atoms with Crippen LogP contribution in [0.1, 0.15) is 28.7 Å². The molecule has 5 rings (SSSR count). The maximum absolute atomic E-state index is 14.7. The van der Waals surface area contributed by atoms with Crippen molar-refractivity contribution in [2.24, 2.45) is 0 Å². The van der Waals surface area contributed by atoms with Gasteiger partial charge in [0, 0.05) is 29.8 Å². The Balaban J connectivity index is 1.58. The number of hydrogen-bond acceptors (Lipinski definition) is 6. The van der Waals surface area contributed by atoms with Gasteiger partial charge in [-0.2, -0.15) is 0 Å². The number of anilines is 1. The minimum absolute atomic E-state index is 0.0717. The smallest absolute Gasteiger partial charge is 0.292 e. The molecule has 2 N–H and O–H groups in total. The van der Waals surface area contributed by atoms with E-state index in [1.807, 2.05) is 11.9 Å². The lowest BCUT2D eigenvalue weighted by molar-refractivity contribution is -0.384. The second-order valence-corrected chi connectivity index (χ2v) is 9.16. The van der Waals surface area contributed by atoms with Gasteiger partial charge in [-0.3, -0.25) is 10.1 Å². The molecule has 2 unspecified atom stereocenters. The van der Waals surface area contributed by atoms with E-state index >= 15 is 0 Å². The molecule has 1 fully saturated rings. The van der Waals surface area contributed by atoms with E-state index in [-0.39, 0.29) is 24.1 Å². The standard InChI is InChI=1S/C27H25F2N3O4/c1-31-10-9-24(26(33)14-31)30-23-8-5-16(12-25(23)32(34)35)11-20-18-3-2-4-22(29)21(18)15-36-27-13-17(28)6-7-19(20)27/h2-8,11-13,24,26,30,33H,9-10,14-15H2,1H3. The van der Waals surface area contributed by atoms with Crippen LogP contribution in [0.4, 0.5) is 20.2 Å². The molecule has 2 aliphatic rings. The second-order valence-electron chi connectivity index (χ2n) is 9.16. The third kappa shape index (κ3) is 4.67. The molecular formula is C27H25F2N3O4. The van der Waals surface area contributed by atoms with Gasteiger partial charge >= 0.3 is 0 Å². The zero-order valence-electron chi connectivity index (χ0n) is 19.6. The molecule has 0 radical (unpaired) electrons. The largest absolute Gasteiger partial charge is 0.488 e. The van der Waals surface area contributed by atoms with Gasteiger partial charge in [0.1, 0.15) is 29.7 Å². The fourth-order valence-corrected chi connectivity index (χ4v) is 4.78. The van der Waals surface area contributed by atoms with E-state index in [0.717, 1.165) is 6.54 Å². The zero-order valence-corrected chi connectivity index (χ0v) is 19.6. The maximum Gasteiger partial charge on any atom is 0.292 e. The summed E-state index contributed by atoms with van der Waals surface area (Å²) in [5.74, 6) is -0.670. The Kier molecular flexibility index (Phi) is 6.42. The normalized spacial score (nSPS) is 20.7. The van der Waals surface area contributed by atoms with E-state index in [4.69, 9.17) is 4.74 Å². The number of likely N-dealkylation sites (tertiary alicyclic amines) is 1. The molecule has 0 saturated carbocycles. The van der Waals surface area contributed by atoms with Gasteiger partial charge in [0.15, 0.2) is 0 Å². The van der Waals surface area contributed by atoms with Gasteiger partial charge in [-0.25, -0.2) is 8.78 Å². The van der Waals surface area contributed by atoms with Crippen molar-refractivity contribution >= 4 is 23.0 Å². The average Bonchev–Trinajstić information content (AvgIpc) is 2.99. The molecule has 2 atom stereocenters. The van der Waals surface area contributed by atoms with Crippen LogP contribution in [-0.2, 0) is 6.61 Å². The highest BCUT2D eigenvalue weighted by Crippen LogP contribution is 2.39. The van der Waals surface area contributed by atoms with Gasteiger partial charge in [0.25, 0.3) is 5.69 Å². The van der Waals surface area contributed by atoms with Crippen LogP contribution in [-0.4, -0.2) is 47.2 Å². The summed E-state index contributed by atoms with van der Waals surface area (Å²) in [6.07, 6.45) is 1.71. The van der Waals surface area contributed by atoms with Crippen LogP contribution < -0.4 is 10.1 Å². The summed E-state index contributed by atoms with van der Waals surface area (Å²) >= 11 is 0. The lowest BCUT2D eigenvalue weighted by Gasteiger charge is -2.34. The molecule has 0 amide bonds. The molecule has 0 spiro atoms. The Bertz CT molecular complexity index is 1360. The van der Waals surface area contributed by atoms with Crippen molar-refractivity contribution in [2.75, 3.05) is 25.5 Å². The highest BCUT2D eigenvalue weighted by atomic mass is 19.1. The third-order valence-corrected chi connectivity index (χ3v) is 6.67. The van der Waals surface area contributed by atoms with Gasteiger partial charge in [-0.1, -0.05) is 18.2 Å². The molecule has 7 nitrogen and oxygen atoms in total. The molecule has 2 aliphatic heterocycles. The first-order valence-electron chi connectivity index (χ1n) is 11.6. The number of nitrogens with zero attached hydrogens (tertiary/aromatic N) is 2. The minimum Gasteiger partial charge on any atom is -0.488 e. The number of nitrogens with one attached hydrogen (secondary N) is 1. The number of piperidine rings is 1. The van der Waals surface area contributed by atoms with Gasteiger partial charge in [-0.05, 0) is 67.1 Å². The van der Waals surface area contributed by atoms with Crippen LogP contribution in [0.2, 0.25) is 0 Å². The van der Waals surface area contributed by atoms with Crippen LogP contribution >= 0.6 is 0 Å². The van der Waals surface area contributed by atoms with Crippen LogP contribution in [0.5, 0.6) is 5.75 Å². The van der Waals surface area contributed by atoms with Crippen molar-refractivity contribution in [3.63, 3.8) is 0 Å². The topological polar surface area (TPSA) is 87.9 Å². The fraction of sp³-hybridized carbons (Fsp3) is 0.259. The molecule has 2 heterocycles. The van der Waals surface area contributed by atoms with E-state index in [2.05, 4.69) is 5.32 Å². The number of aliphatic hydroxyl groups excluding tert-OH is 1. The Morgan fingerprint density at radius 2 is 2.00 bits per heavy atom. The van der Waals surface area contributed by atoms with Crippen molar-refractivity contribution in [3.8, 4) is 5.75 Å². The SMILES string of the molecule is CN1CCC(Nc2ccc(C=C3c4ccc(F)cc4OCc4c(F)cccc43)cc2[N+](=O)[O-])C(O)C1. The molecule has 3 aromatic rings. The van der Waals surface area contributed by atoms with E-state index in [0.29, 0.717) is 46.5 Å². The number of halogens is 2. The second kappa shape index (κ2) is 9.67. The first kappa shape index (κ1) is 23.9. The van der Waals surface area contributed by atoms with Crippen LogP contribution in [0.15, 0.2) is 54.6 Å². The summed E-state index contributed by atoms with van der Waals surface area (Å²) in [4.78, 5) is 13.5. The number of fused-ring (bicyclic) bond motifs is 2. The lowest BCUT2D eigenvalue weighted by Crippen LogP contribution is -2.48. The number of β-amino-alcohol motifs (C(OH)–C–C–N with tert-alkyl or cyclic N) is 1. The molecule has 36 heavy (non-hydrogen) atoms. The third-order valence-electron chi connectivity index (χ3n) is 6.67. The maximum atomic E-state index is 14.7. The summed E-state index contributed by atoms with van der Waals surface area (Å²) in [5.41, 5.74) is 2.70. The van der Waals surface area contributed by atoms with Crippen LogP contribution in [0.3, 0.4) is 0 Å². The summed E-state index contributed by atoms with van der Waals surface area (Å²) in [5, 5.41) is 25.5. The van der Waals surface area contributed by atoms with E-state index in [1.165, 1.54) is 24.3 Å². The number of benzene rings is 3. The fourth-order valence-electron chi connectivity index (χ4n) is 4.78. The summed E-state index contributed by atoms with van der Waals surface area (Å²) in [6.45, 7) is 1.18. The van der Waals surface area contributed by atoms with Crippen molar-refractivity contribution < 1.29 is 23.5 Å². The van der Waals surface area contributed by atoms with Crippen molar-refractivity contribution in [1.82, 2.24) is 4.90 Å². The number of ether oxygens (including phenoxy) is 1. The number of aliphatic hydroxyl groups is 1. The van der Waals surface area contributed by atoms with Crippen LogP contribution in [0, 0.1) is 21.7 Å². The first-order valence-corrected chi connectivity index (χ1v) is 11.6. The predicted molar refractivity (Wildman–Crippen MR) is 133 cm³/mol. The van der Waals surface area contributed by atoms with Gasteiger partial charge < -0.3 is 20.1 Å². The molecule has 0 bridgehead atoms. The predicted octanol–water partition coefficient (Wildman–Crippen LogP) is 4.83. The number of hydrogen-bond donors (Lipinski definition) is 2. The molecule has 0 aromatic heterocycles. The molecule has 3 aromatic carbocycles. The van der Waals surface area contributed by atoms with Gasteiger partial charge in [0.05, 0.1) is 17.1 Å². The molecule has 9 heteroatoms. The van der Waals surface area contributed by atoms with Gasteiger partial charge in [0.2, 0.25) is 0 Å². The lowest BCUT2D eigenvalue weighted by atomic mass is 9.92. The minimum atomic E-state index is -0.653. The molecule has 1 saturated heterocycles. The molecule has 186 valence electrons. The Morgan fingerprint density at radius 1 is 1.17 bits per heavy atom. The van der Waals surface area contributed by atoms with Crippen LogP contribution in [0.25, 0.3) is 11.6 Å².